The lowest BCUT2D eigenvalue weighted by Gasteiger charge is -1.99. The Hall–Kier alpha value is -1.46. The molecule has 5 heteroatoms. The van der Waals surface area contributed by atoms with Crippen molar-refractivity contribution in [2.75, 3.05) is 25.6 Å². The van der Waals surface area contributed by atoms with Gasteiger partial charge in [0.15, 0.2) is 5.13 Å². The van der Waals surface area contributed by atoms with E-state index in [2.05, 4.69) is 15.3 Å². The van der Waals surface area contributed by atoms with Crippen LogP contribution in [0.1, 0.15) is 0 Å². The third-order valence-electron chi connectivity index (χ3n) is 2.01. The summed E-state index contributed by atoms with van der Waals surface area (Å²) < 4.78 is 4.96. The van der Waals surface area contributed by atoms with Gasteiger partial charge in [0, 0.05) is 26.0 Å². The molecule has 2 heterocycles. The van der Waals surface area contributed by atoms with Crippen molar-refractivity contribution in [3.8, 4) is 10.6 Å². The van der Waals surface area contributed by atoms with E-state index in [9.17, 15) is 0 Å². The lowest BCUT2D eigenvalue weighted by atomic mass is 10.3. The second kappa shape index (κ2) is 5.58. The molecular weight excluding hydrogens is 222 g/mol. The molecule has 0 aliphatic rings. The Morgan fingerprint density at radius 1 is 1.38 bits per heavy atom. The van der Waals surface area contributed by atoms with Gasteiger partial charge < -0.3 is 10.1 Å². The van der Waals surface area contributed by atoms with Crippen LogP contribution >= 0.6 is 11.3 Å². The monoisotopic (exact) mass is 235 g/mol. The summed E-state index contributed by atoms with van der Waals surface area (Å²) in [5.74, 6) is 0. The first-order chi connectivity index (χ1) is 7.90. The molecule has 0 spiro atoms. The van der Waals surface area contributed by atoms with Gasteiger partial charge in [0.25, 0.3) is 0 Å². The zero-order valence-corrected chi connectivity index (χ0v) is 9.83. The van der Waals surface area contributed by atoms with Crippen LogP contribution < -0.4 is 5.32 Å². The Balaban J connectivity index is 2.02. The molecule has 2 rings (SSSR count). The highest BCUT2D eigenvalue weighted by Crippen LogP contribution is 2.26. The summed E-state index contributed by atoms with van der Waals surface area (Å²) in [6, 6.07) is 5.86. The van der Waals surface area contributed by atoms with Crippen LogP contribution in [0.4, 0.5) is 5.13 Å². The highest BCUT2D eigenvalue weighted by molar-refractivity contribution is 7.18. The lowest BCUT2D eigenvalue weighted by Crippen LogP contribution is -2.06. The van der Waals surface area contributed by atoms with Gasteiger partial charge in [-0.3, -0.25) is 4.98 Å². The summed E-state index contributed by atoms with van der Waals surface area (Å²) in [6.07, 6.45) is 3.62. The van der Waals surface area contributed by atoms with Gasteiger partial charge in [-0.25, -0.2) is 4.98 Å². The quantitative estimate of drug-likeness (QED) is 0.807. The van der Waals surface area contributed by atoms with E-state index in [1.165, 1.54) is 0 Å². The minimum Gasteiger partial charge on any atom is -0.383 e. The first-order valence-electron chi connectivity index (χ1n) is 5.00. The molecule has 0 amide bonds. The summed E-state index contributed by atoms with van der Waals surface area (Å²) >= 11 is 1.60. The summed E-state index contributed by atoms with van der Waals surface area (Å²) in [5, 5.41) is 4.09. The maximum absolute atomic E-state index is 4.96. The van der Waals surface area contributed by atoms with Gasteiger partial charge in [-0.1, -0.05) is 17.4 Å². The van der Waals surface area contributed by atoms with Crippen molar-refractivity contribution in [2.45, 2.75) is 0 Å². The van der Waals surface area contributed by atoms with Crippen LogP contribution in [0.15, 0.2) is 30.6 Å². The maximum Gasteiger partial charge on any atom is 0.183 e. The predicted molar refractivity (Wildman–Crippen MR) is 65.7 cm³/mol. The summed E-state index contributed by atoms with van der Waals surface area (Å²) in [6.45, 7) is 1.45. The number of nitrogens with zero attached hydrogens (tertiary/aromatic N) is 2. The second-order valence-electron chi connectivity index (χ2n) is 3.16. The summed E-state index contributed by atoms with van der Waals surface area (Å²) in [7, 11) is 1.68. The van der Waals surface area contributed by atoms with E-state index in [1.54, 1.807) is 24.6 Å². The van der Waals surface area contributed by atoms with Crippen LogP contribution in [0, 0.1) is 0 Å². The zero-order valence-electron chi connectivity index (χ0n) is 9.01. The molecule has 0 aliphatic carbocycles. The number of ether oxygens (including phenoxy) is 1. The normalized spacial score (nSPS) is 10.3. The molecule has 0 fully saturated rings. The first kappa shape index (κ1) is 11.0. The number of anilines is 1. The standard InChI is InChI=1S/C11H13N3OS/c1-15-7-6-13-11-14-8-10(16-11)9-4-2-3-5-12-9/h2-5,8H,6-7H2,1H3,(H,13,14). The fourth-order valence-electron chi connectivity index (χ4n) is 1.24. The summed E-state index contributed by atoms with van der Waals surface area (Å²) in [5.41, 5.74) is 0.958. The van der Waals surface area contributed by atoms with E-state index < -0.39 is 0 Å². The number of hydrogen-bond donors (Lipinski definition) is 1. The van der Waals surface area contributed by atoms with Crippen molar-refractivity contribution in [1.82, 2.24) is 9.97 Å². The topological polar surface area (TPSA) is 47.0 Å². The maximum atomic E-state index is 4.96. The smallest absolute Gasteiger partial charge is 0.183 e. The Labute approximate surface area is 98.3 Å². The minimum absolute atomic E-state index is 0.679. The Morgan fingerprint density at radius 2 is 2.31 bits per heavy atom. The average Bonchev–Trinajstić information content (AvgIpc) is 2.79. The molecule has 2 aromatic rings. The van der Waals surface area contributed by atoms with Crippen LogP contribution in [-0.4, -0.2) is 30.2 Å². The van der Waals surface area contributed by atoms with Crippen LogP contribution in [0.25, 0.3) is 10.6 Å². The molecule has 0 saturated carbocycles. The van der Waals surface area contributed by atoms with Crippen molar-refractivity contribution in [2.24, 2.45) is 0 Å². The van der Waals surface area contributed by atoms with Crippen LogP contribution in [0.2, 0.25) is 0 Å². The van der Waals surface area contributed by atoms with Crippen LogP contribution in [0.5, 0.6) is 0 Å². The molecule has 1 N–H and O–H groups in total. The number of aromatic nitrogens is 2. The minimum atomic E-state index is 0.679. The van der Waals surface area contributed by atoms with Crippen molar-refractivity contribution in [3.05, 3.63) is 30.6 Å². The molecule has 0 aromatic carbocycles. The molecule has 0 unspecified atom stereocenters. The SMILES string of the molecule is COCCNc1ncc(-c2ccccn2)s1. The molecule has 4 nitrogen and oxygen atoms in total. The Bertz CT molecular complexity index is 430. The number of nitrogens with one attached hydrogen (secondary N) is 1. The van der Waals surface area contributed by atoms with E-state index in [0.29, 0.717) is 6.61 Å². The molecular formula is C11H13N3OS. The van der Waals surface area contributed by atoms with E-state index in [0.717, 1.165) is 22.2 Å². The van der Waals surface area contributed by atoms with Crippen molar-refractivity contribution in [1.29, 1.82) is 0 Å². The molecule has 0 bridgehead atoms. The van der Waals surface area contributed by atoms with Crippen molar-refractivity contribution in [3.63, 3.8) is 0 Å². The average molecular weight is 235 g/mol. The van der Waals surface area contributed by atoms with Crippen molar-refractivity contribution >= 4 is 16.5 Å². The number of pyridine rings is 1. The Morgan fingerprint density at radius 3 is 3.06 bits per heavy atom. The largest absolute Gasteiger partial charge is 0.383 e. The zero-order chi connectivity index (χ0) is 11.2. The van der Waals surface area contributed by atoms with Gasteiger partial charge in [0.05, 0.1) is 17.2 Å². The van der Waals surface area contributed by atoms with Gasteiger partial charge in [-0.2, -0.15) is 0 Å². The molecule has 0 aliphatic heterocycles. The van der Waals surface area contributed by atoms with Crippen LogP contribution in [-0.2, 0) is 4.74 Å². The third kappa shape index (κ3) is 2.77. The van der Waals surface area contributed by atoms with E-state index in [4.69, 9.17) is 4.74 Å². The molecule has 84 valence electrons. The van der Waals surface area contributed by atoms with E-state index in [1.807, 2.05) is 24.4 Å². The van der Waals surface area contributed by atoms with E-state index >= 15 is 0 Å². The van der Waals surface area contributed by atoms with Crippen molar-refractivity contribution < 1.29 is 4.74 Å². The summed E-state index contributed by atoms with van der Waals surface area (Å²) in [4.78, 5) is 9.62. The van der Waals surface area contributed by atoms with Gasteiger partial charge in [0.2, 0.25) is 0 Å². The molecule has 16 heavy (non-hydrogen) atoms. The first-order valence-corrected chi connectivity index (χ1v) is 5.82. The third-order valence-corrected chi connectivity index (χ3v) is 2.98. The molecule has 0 radical (unpaired) electrons. The number of thiazole rings is 1. The molecule has 2 aromatic heterocycles. The fourth-order valence-corrected chi connectivity index (χ4v) is 2.06. The van der Waals surface area contributed by atoms with Gasteiger partial charge in [0.1, 0.15) is 0 Å². The van der Waals surface area contributed by atoms with E-state index in [-0.39, 0.29) is 0 Å². The highest BCUT2D eigenvalue weighted by atomic mass is 32.1. The fraction of sp³-hybridized carbons (Fsp3) is 0.273. The van der Waals surface area contributed by atoms with Crippen LogP contribution in [0.3, 0.4) is 0 Å². The van der Waals surface area contributed by atoms with Gasteiger partial charge >= 0.3 is 0 Å². The lowest BCUT2D eigenvalue weighted by molar-refractivity contribution is 0.211. The number of methoxy groups -OCH3 is 1. The molecule has 0 saturated heterocycles. The highest BCUT2D eigenvalue weighted by Gasteiger charge is 2.03. The Kier molecular flexibility index (Phi) is 3.85. The predicted octanol–water partition coefficient (Wildman–Crippen LogP) is 2.26. The van der Waals surface area contributed by atoms with Gasteiger partial charge in [-0.05, 0) is 12.1 Å². The number of rotatable bonds is 5. The number of hydrogen-bond acceptors (Lipinski definition) is 5. The second-order valence-corrected chi connectivity index (χ2v) is 4.19. The molecule has 0 atom stereocenters. The van der Waals surface area contributed by atoms with Gasteiger partial charge in [-0.15, -0.1) is 0 Å².